The monoisotopic (exact) mass is 351 g/mol. The minimum absolute atomic E-state index is 0.239. The number of rotatable bonds is 6. The molecule has 0 fully saturated rings. The summed E-state index contributed by atoms with van der Waals surface area (Å²) in [5, 5.41) is 16.1. The van der Waals surface area contributed by atoms with Crippen molar-refractivity contribution in [3.05, 3.63) is 82.4 Å². The number of hydrogen-bond donors (Lipinski definition) is 1. The summed E-state index contributed by atoms with van der Waals surface area (Å²) in [4.78, 5) is 15.9. The molecule has 1 aromatic heterocycles. The molecule has 1 heterocycles. The van der Waals surface area contributed by atoms with E-state index in [0.29, 0.717) is 17.4 Å². The van der Waals surface area contributed by atoms with Gasteiger partial charge in [-0.25, -0.2) is 14.8 Å². The summed E-state index contributed by atoms with van der Waals surface area (Å²) in [5.74, 6) is -0.965. The van der Waals surface area contributed by atoms with Gasteiger partial charge >= 0.3 is 5.97 Å². The predicted molar refractivity (Wildman–Crippen MR) is 100 cm³/mol. The maximum Gasteiger partial charge on any atom is 0.347 e. The Morgan fingerprint density at radius 3 is 2.40 bits per heavy atom. The number of nitrogens with zero attached hydrogens (tertiary/aromatic N) is 3. The zero-order chi connectivity index (χ0) is 17.6. The normalized spacial score (nSPS) is 10.9. The Morgan fingerprint density at radius 2 is 1.80 bits per heavy atom. The third kappa shape index (κ3) is 4.30. The van der Waals surface area contributed by atoms with Crippen LogP contribution in [0.2, 0.25) is 0 Å². The van der Waals surface area contributed by atoms with Gasteiger partial charge in [0.05, 0.1) is 18.5 Å². The van der Waals surface area contributed by atoms with Gasteiger partial charge in [-0.1, -0.05) is 72.0 Å². The van der Waals surface area contributed by atoms with Gasteiger partial charge in [0.15, 0.2) is 0 Å². The van der Waals surface area contributed by atoms with E-state index in [1.54, 1.807) is 18.1 Å². The third-order valence-electron chi connectivity index (χ3n) is 3.52. The zero-order valence-corrected chi connectivity index (χ0v) is 14.5. The molecule has 0 aliphatic carbocycles. The summed E-state index contributed by atoms with van der Waals surface area (Å²) in [6.07, 6.45) is 1.75. The second-order valence-electron chi connectivity index (χ2n) is 5.41. The first-order valence-electron chi connectivity index (χ1n) is 7.74. The molecule has 5 nitrogen and oxygen atoms in total. The number of benzene rings is 2. The van der Waals surface area contributed by atoms with Crippen LogP contribution in [0.3, 0.4) is 0 Å². The lowest BCUT2D eigenvalue weighted by Gasteiger charge is -2.15. The summed E-state index contributed by atoms with van der Waals surface area (Å²) >= 11 is 1.13. The molecule has 0 radical (unpaired) electrons. The molecule has 25 heavy (non-hydrogen) atoms. The predicted octanol–water partition coefficient (Wildman–Crippen LogP) is 4.19. The van der Waals surface area contributed by atoms with E-state index < -0.39 is 5.97 Å². The number of hydrogen-bond acceptors (Lipinski definition) is 5. The first-order chi connectivity index (χ1) is 12.1. The maximum atomic E-state index is 11.3. The van der Waals surface area contributed by atoms with Gasteiger partial charge in [-0.2, -0.15) is 5.10 Å². The highest BCUT2D eigenvalue weighted by Gasteiger charge is 2.18. The minimum atomic E-state index is -0.965. The van der Waals surface area contributed by atoms with E-state index in [0.717, 1.165) is 22.5 Å². The van der Waals surface area contributed by atoms with Crippen LogP contribution in [0, 0.1) is 6.92 Å². The molecule has 0 unspecified atom stereocenters. The van der Waals surface area contributed by atoms with E-state index in [4.69, 9.17) is 0 Å². The summed E-state index contributed by atoms with van der Waals surface area (Å²) in [6, 6.07) is 19.6. The Labute approximate surface area is 149 Å². The Kier molecular flexibility index (Phi) is 5.20. The Hall–Kier alpha value is -2.99. The molecule has 6 heteroatoms. The number of anilines is 1. The van der Waals surface area contributed by atoms with Gasteiger partial charge in [0.25, 0.3) is 0 Å². The fourth-order valence-corrected chi connectivity index (χ4v) is 3.14. The van der Waals surface area contributed by atoms with Crippen LogP contribution in [-0.4, -0.2) is 22.3 Å². The van der Waals surface area contributed by atoms with E-state index in [1.165, 1.54) is 0 Å². The van der Waals surface area contributed by atoms with Crippen molar-refractivity contribution in [3.63, 3.8) is 0 Å². The number of aryl methyl sites for hydroxylation is 1. The lowest BCUT2D eigenvalue weighted by molar-refractivity contribution is 0.0701. The van der Waals surface area contributed by atoms with Crippen molar-refractivity contribution in [1.29, 1.82) is 0 Å². The summed E-state index contributed by atoms with van der Waals surface area (Å²) in [5.41, 5.74) is 2.53. The van der Waals surface area contributed by atoms with Crippen molar-refractivity contribution >= 4 is 28.7 Å². The van der Waals surface area contributed by atoms with Gasteiger partial charge in [0, 0.05) is 0 Å². The van der Waals surface area contributed by atoms with E-state index in [9.17, 15) is 9.90 Å². The van der Waals surface area contributed by atoms with Crippen molar-refractivity contribution in [2.24, 2.45) is 5.10 Å². The third-order valence-corrected chi connectivity index (χ3v) is 4.68. The molecule has 0 spiro atoms. The molecule has 0 bridgehead atoms. The quantitative estimate of drug-likeness (QED) is 0.534. The second-order valence-corrected chi connectivity index (χ2v) is 6.39. The summed E-state index contributed by atoms with van der Waals surface area (Å²) in [6.45, 7) is 2.21. The van der Waals surface area contributed by atoms with E-state index in [-0.39, 0.29) is 4.88 Å². The summed E-state index contributed by atoms with van der Waals surface area (Å²) < 4.78 is 0. The standard InChI is InChI=1S/C19H17N3O2S/c1-14-17(18(23)24)25-19(21-14)22(13-16-10-6-3-7-11-16)20-12-15-8-4-2-5-9-15/h2-12H,13H2,1H3,(H,23,24)/b20-12+. The highest BCUT2D eigenvalue weighted by atomic mass is 32.1. The molecule has 3 rings (SSSR count). The lowest BCUT2D eigenvalue weighted by Crippen LogP contribution is -2.16. The van der Waals surface area contributed by atoms with Gasteiger partial charge in [-0.15, -0.1) is 0 Å². The van der Waals surface area contributed by atoms with Crippen LogP contribution in [-0.2, 0) is 6.54 Å². The van der Waals surface area contributed by atoms with Gasteiger partial charge in [-0.05, 0) is 18.1 Å². The first-order valence-corrected chi connectivity index (χ1v) is 8.56. The SMILES string of the molecule is Cc1nc(N(Cc2ccccc2)/N=C/c2ccccc2)sc1C(=O)O. The average Bonchev–Trinajstić information content (AvgIpc) is 3.02. The van der Waals surface area contributed by atoms with Crippen LogP contribution in [0.4, 0.5) is 5.13 Å². The topological polar surface area (TPSA) is 65.8 Å². The largest absolute Gasteiger partial charge is 0.477 e. The number of carboxylic acid groups (broad SMARTS) is 1. The Bertz CT molecular complexity index is 876. The van der Waals surface area contributed by atoms with Crippen molar-refractivity contribution in [2.45, 2.75) is 13.5 Å². The lowest BCUT2D eigenvalue weighted by atomic mass is 10.2. The molecule has 0 saturated heterocycles. The zero-order valence-electron chi connectivity index (χ0n) is 13.7. The van der Waals surface area contributed by atoms with E-state index in [2.05, 4.69) is 10.1 Å². The Morgan fingerprint density at radius 1 is 1.16 bits per heavy atom. The van der Waals surface area contributed by atoms with Crippen molar-refractivity contribution in [1.82, 2.24) is 4.98 Å². The van der Waals surface area contributed by atoms with Crippen LogP contribution >= 0.6 is 11.3 Å². The van der Waals surface area contributed by atoms with Crippen molar-refractivity contribution < 1.29 is 9.90 Å². The molecule has 126 valence electrons. The molecule has 0 amide bonds. The second kappa shape index (κ2) is 7.72. The molecular weight excluding hydrogens is 334 g/mol. The van der Waals surface area contributed by atoms with Gasteiger partial charge < -0.3 is 5.11 Å². The van der Waals surface area contributed by atoms with Crippen LogP contribution < -0.4 is 5.01 Å². The molecule has 0 atom stereocenters. The smallest absolute Gasteiger partial charge is 0.347 e. The average molecular weight is 351 g/mol. The molecule has 2 aromatic carbocycles. The van der Waals surface area contributed by atoms with E-state index in [1.807, 2.05) is 60.7 Å². The molecular formula is C19H17N3O2S. The van der Waals surface area contributed by atoms with Crippen LogP contribution in [0.5, 0.6) is 0 Å². The molecule has 0 saturated carbocycles. The van der Waals surface area contributed by atoms with E-state index >= 15 is 0 Å². The number of aromatic nitrogens is 1. The molecule has 0 aliphatic heterocycles. The number of carboxylic acids is 1. The van der Waals surface area contributed by atoms with Crippen LogP contribution in [0.15, 0.2) is 65.8 Å². The number of thiazole rings is 1. The highest BCUT2D eigenvalue weighted by Crippen LogP contribution is 2.27. The Balaban J connectivity index is 1.92. The first kappa shape index (κ1) is 16.9. The van der Waals surface area contributed by atoms with Gasteiger partial charge in [0.1, 0.15) is 4.88 Å². The van der Waals surface area contributed by atoms with Crippen molar-refractivity contribution in [3.8, 4) is 0 Å². The van der Waals surface area contributed by atoms with Crippen LogP contribution in [0.1, 0.15) is 26.5 Å². The summed E-state index contributed by atoms with van der Waals surface area (Å²) in [7, 11) is 0. The van der Waals surface area contributed by atoms with Crippen molar-refractivity contribution in [2.75, 3.05) is 5.01 Å². The molecule has 0 aliphatic rings. The maximum absolute atomic E-state index is 11.3. The van der Waals surface area contributed by atoms with Gasteiger partial charge in [0.2, 0.25) is 5.13 Å². The fourth-order valence-electron chi connectivity index (χ4n) is 2.28. The molecule has 1 N–H and O–H groups in total. The van der Waals surface area contributed by atoms with Crippen LogP contribution in [0.25, 0.3) is 0 Å². The minimum Gasteiger partial charge on any atom is -0.477 e. The number of hydrazone groups is 1. The number of carbonyl (C=O) groups is 1. The number of aromatic carboxylic acids is 1. The highest BCUT2D eigenvalue weighted by molar-refractivity contribution is 7.17. The fraction of sp³-hybridized carbons (Fsp3) is 0.105. The molecule has 3 aromatic rings. The van der Waals surface area contributed by atoms with Gasteiger partial charge in [-0.3, -0.25) is 0 Å².